The minimum absolute atomic E-state index is 0.0573. The molecular formula is C6H10N2O2. The molecule has 0 bridgehead atoms. The monoisotopic (exact) mass is 142 g/mol. The van der Waals surface area contributed by atoms with Crippen LogP contribution in [0.5, 0.6) is 0 Å². The van der Waals surface area contributed by atoms with Crippen molar-refractivity contribution in [2.45, 2.75) is 13.8 Å². The lowest BCUT2D eigenvalue weighted by molar-refractivity contribution is -0.116. The van der Waals surface area contributed by atoms with Gasteiger partial charge in [-0.05, 0) is 6.92 Å². The van der Waals surface area contributed by atoms with Crippen LogP contribution in [0.2, 0.25) is 0 Å². The first-order valence-electron chi connectivity index (χ1n) is 3.02. The fraction of sp³-hybridized carbons (Fsp3) is 0.667. The van der Waals surface area contributed by atoms with E-state index < -0.39 is 0 Å². The van der Waals surface area contributed by atoms with E-state index >= 15 is 0 Å². The number of hydrogen-bond donors (Lipinski definition) is 0. The number of Topliss-reactive ketones (excluding diaryl/α,β-unsaturated/α-hetero) is 1. The van der Waals surface area contributed by atoms with Crippen LogP contribution in [0.15, 0.2) is 0 Å². The second-order valence-corrected chi connectivity index (χ2v) is 1.74. The van der Waals surface area contributed by atoms with E-state index in [9.17, 15) is 4.79 Å². The summed E-state index contributed by atoms with van der Waals surface area (Å²) in [7, 11) is 0. The highest BCUT2D eigenvalue weighted by molar-refractivity contribution is 6.37. The maximum atomic E-state index is 10.5. The Bertz CT molecular complexity index is 171. The molecule has 0 aromatic carbocycles. The SMILES string of the molecule is CCOCC(=[N+]=[N-])C(C)=O. The van der Waals surface area contributed by atoms with E-state index in [1.54, 1.807) is 6.92 Å². The highest BCUT2D eigenvalue weighted by atomic mass is 16.5. The Kier molecular flexibility index (Phi) is 4.37. The summed E-state index contributed by atoms with van der Waals surface area (Å²) in [6.07, 6.45) is 0. The molecule has 56 valence electrons. The molecule has 0 saturated heterocycles. The van der Waals surface area contributed by atoms with Gasteiger partial charge in [-0.2, -0.15) is 4.79 Å². The van der Waals surface area contributed by atoms with Crippen molar-refractivity contribution >= 4 is 11.5 Å². The van der Waals surface area contributed by atoms with E-state index in [0.29, 0.717) is 6.61 Å². The summed E-state index contributed by atoms with van der Waals surface area (Å²) in [6.45, 7) is 3.72. The van der Waals surface area contributed by atoms with E-state index in [0.717, 1.165) is 0 Å². The molecule has 0 heterocycles. The zero-order chi connectivity index (χ0) is 7.98. The van der Waals surface area contributed by atoms with Gasteiger partial charge in [0.15, 0.2) is 6.61 Å². The van der Waals surface area contributed by atoms with Crippen molar-refractivity contribution in [1.29, 1.82) is 0 Å². The summed E-state index contributed by atoms with van der Waals surface area (Å²) in [5.41, 5.74) is 8.27. The standard InChI is InChI=1S/C6H10N2O2/c1-3-10-4-6(8-7)5(2)9/h3-4H2,1-2H3. The van der Waals surface area contributed by atoms with Crippen LogP contribution in [0, 0.1) is 0 Å². The summed E-state index contributed by atoms with van der Waals surface area (Å²) in [4.78, 5) is 13.3. The van der Waals surface area contributed by atoms with Crippen molar-refractivity contribution in [3.8, 4) is 0 Å². The summed E-state index contributed by atoms with van der Waals surface area (Å²) < 4.78 is 4.84. The van der Waals surface area contributed by atoms with E-state index in [4.69, 9.17) is 10.3 Å². The summed E-state index contributed by atoms with van der Waals surface area (Å²) in [6, 6.07) is 0. The molecule has 0 aliphatic rings. The van der Waals surface area contributed by atoms with Crippen molar-refractivity contribution in [3.05, 3.63) is 5.53 Å². The third-order valence-corrected chi connectivity index (χ3v) is 0.970. The van der Waals surface area contributed by atoms with Gasteiger partial charge in [0.2, 0.25) is 5.78 Å². The Balaban J connectivity index is 3.87. The van der Waals surface area contributed by atoms with Gasteiger partial charge in [-0.15, -0.1) is 0 Å². The molecule has 0 aliphatic heterocycles. The van der Waals surface area contributed by atoms with E-state index in [2.05, 4.69) is 4.79 Å². The van der Waals surface area contributed by atoms with E-state index in [1.807, 2.05) is 0 Å². The van der Waals surface area contributed by atoms with Crippen LogP contribution in [0.3, 0.4) is 0 Å². The van der Waals surface area contributed by atoms with Gasteiger partial charge in [-0.1, -0.05) is 0 Å². The number of nitrogens with zero attached hydrogens (tertiary/aromatic N) is 2. The van der Waals surface area contributed by atoms with Crippen molar-refractivity contribution in [1.82, 2.24) is 0 Å². The van der Waals surface area contributed by atoms with Gasteiger partial charge in [0.1, 0.15) is 0 Å². The molecule has 0 N–H and O–H groups in total. The minimum Gasteiger partial charge on any atom is -0.369 e. The Hall–Kier alpha value is -0.990. The lowest BCUT2D eigenvalue weighted by Gasteiger charge is -1.91. The van der Waals surface area contributed by atoms with Gasteiger partial charge < -0.3 is 10.3 Å². The van der Waals surface area contributed by atoms with Gasteiger partial charge >= 0.3 is 5.71 Å². The number of carbonyl (C=O) groups excluding carboxylic acids is 1. The molecule has 0 rings (SSSR count). The van der Waals surface area contributed by atoms with Crippen molar-refractivity contribution in [2.24, 2.45) is 0 Å². The van der Waals surface area contributed by atoms with Crippen LogP contribution in [0.4, 0.5) is 0 Å². The summed E-state index contributed by atoms with van der Waals surface area (Å²) >= 11 is 0. The van der Waals surface area contributed by atoms with Crippen molar-refractivity contribution in [2.75, 3.05) is 13.2 Å². The fourth-order valence-electron chi connectivity index (χ4n) is 0.400. The molecule has 0 atom stereocenters. The van der Waals surface area contributed by atoms with Crippen LogP contribution < -0.4 is 0 Å². The second-order valence-electron chi connectivity index (χ2n) is 1.74. The zero-order valence-electron chi connectivity index (χ0n) is 6.13. The predicted molar refractivity (Wildman–Crippen MR) is 35.8 cm³/mol. The summed E-state index contributed by atoms with van der Waals surface area (Å²) in [5, 5.41) is 0. The van der Waals surface area contributed by atoms with Crippen LogP contribution in [-0.2, 0) is 9.53 Å². The van der Waals surface area contributed by atoms with Crippen LogP contribution in [0.1, 0.15) is 13.8 Å². The minimum atomic E-state index is -0.268. The number of ether oxygens (including phenoxy) is 1. The van der Waals surface area contributed by atoms with E-state index in [1.165, 1.54) is 6.92 Å². The molecule has 0 aliphatic carbocycles. The lowest BCUT2D eigenvalue weighted by Crippen LogP contribution is -2.18. The normalized spacial score (nSPS) is 8.60. The molecular weight excluding hydrogens is 132 g/mol. The number of hydrogen-bond acceptors (Lipinski definition) is 2. The molecule has 4 heteroatoms. The smallest absolute Gasteiger partial charge is 0.359 e. The molecule has 10 heavy (non-hydrogen) atoms. The molecule has 0 spiro atoms. The number of ketones is 1. The topological polar surface area (TPSA) is 62.7 Å². The average Bonchev–Trinajstić information content (AvgIpc) is 1.89. The molecule has 0 aromatic rings. The number of carbonyl (C=O) groups is 1. The molecule has 0 aromatic heterocycles. The first kappa shape index (κ1) is 9.01. The first-order valence-corrected chi connectivity index (χ1v) is 3.02. The average molecular weight is 142 g/mol. The largest absolute Gasteiger partial charge is 0.369 e. The lowest BCUT2D eigenvalue weighted by atomic mass is 10.3. The van der Waals surface area contributed by atoms with Crippen molar-refractivity contribution < 1.29 is 14.3 Å². The quantitative estimate of drug-likeness (QED) is 0.321. The van der Waals surface area contributed by atoms with Crippen LogP contribution >= 0.6 is 0 Å². The van der Waals surface area contributed by atoms with Crippen LogP contribution in [0.25, 0.3) is 5.53 Å². The predicted octanol–water partition coefficient (Wildman–Crippen LogP) is 0.283. The molecule has 0 unspecified atom stereocenters. The van der Waals surface area contributed by atoms with Crippen LogP contribution in [-0.4, -0.2) is 29.5 Å². The third kappa shape index (κ3) is 3.12. The fourth-order valence-corrected chi connectivity index (χ4v) is 0.400. The Morgan fingerprint density at radius 1 is 1.70 bits per heavy atom. The maximum Gasteiger partial charge on any atom is 0.359 e. The van der Waals surface area contributed by atoms with Gasteiger partial charge in [0.25, 0.3) is 0 Å². The third-order valence-electron chi connectivity index (χ3n) is 0.970. The molecule has 4 nitrogen and oxygen atoms in total. The second kappa shape index (κ2) is 4.85. The zero-order valence-corrected chi connectivity index (χ0v) is 6.13. The maximum absolute atomic E-state index is 10.5. The molecule has 0 radical (unpaired) electrons. The van der Waals surface area contributed by atoms with Crippen molar-refractivity contribution in [3.63, 3.8) is 0 Å². The Labute approximate surface area is 59.4 Å². The molecule has 0 amide bonds. The Morgan fingerprint density at radius 2 is 2.30 bits per heavy atom. The van der Waals surface area contributed by atoms with Gasteiger partial charge in [-0.3, -0.25) is 4.79 Å². The summed E-state index contributed by atoms with van der Waals surface area (Å²) in [5.74, 6) is -0.268. The van der Waals surface area contributed by atoms with Gasteiger partial charge in [0.05, 0.1) is 0 Å². The Morgan fingerprint density at radius 3 is 2.60 bits per heavy atom. The highest BCUT2D eigenvalue weighted by Gasteiger charge is 2.13. The van der Waals surface area contributed by atoms with Gasteiger partial charge in [-0.25, -0.2) is 0 Å². The number of rotatable bonds is 4. The van der Waals surface area contributed by atoms with E-state index in [-0.39, 0.29) is 18.1 Å². The highest BCUT2D eigenvalue weighted by Crippen LogP contribution is 1.78. The molecule has 0 saturated carbocycles. The first-order chi connectivity index (χ1) is 4.72. The van der Waals surface area contributed by atoms with Gasteiger partial charge in [0, 0.05) is 13.5 Å². The molecule has 0 fully saturated rings.